The molecular weight excluding hydrogens is 296 g/mol. The van der Waals surface area contributed by atoms with Gasteiger partial charge in [0.25, 0.3) is 0 Å². The van der Waals surface area contributed by atoms with Gasteiger partial charge in [-0.3, -0.25) is 0 Å². The van der Waals surface area contributed by atoms with Crippen LogP contribution in [0, 0.1) is 0 Å². The van der Waals surface area contributed by atoms with E-state index in [1.54, 1.807) is 0 Å². The molecule has 19 heavy (non-hydrogen) atoms. The fourth-order valence-electron chi connectivity index (χ4n) is 2.80. The van der Waals surface area contributed by atoms with E-state index in [1.165, 1.54) is 39.6 Å². The molecule has 0 saturated carbocycles. The highest BCUT2D eigenvalue weighted by atomic mass is 79.9. The van der Waals surface area contributed by atoms with Gasteiger partial charge in [0.05, 0.1) is 0 Å². The Bertz CT molecular complexity index is 611. The third kappa shape index (κ3) is 2.40. The Labute approximate surface area is 123 Å². The van der Waals surface area contributed by atoms with Crippen LogP contribution >= 0.6 is 15.9 Å². The average Bonchev–Trinajstić information content (AvgIpc) is 2.84. The van der Waals surface area contributed by atoms with Gasteiger partial charge in [-0.1, -0.05) is 71.8 Å². The summed E-state index contributed by atoms with van der Waals surface area (Å²) in [6, 6.07) is 15.2. The molecule has 0 bridgehead atoms. The molecule has 2 aromatic carbocycles. The Hall–Kier alpha value is -1.34. The number of hydrogen-bond donors (Lipinski definition) is 0. The fraction of sp³-hybridized carbons (Fsp3) is 0.222. The Morgan fingerprint density at radius 2 is 1.84 bits per heavy atom. The third-order valence-electron chi connectivity index (χ3n) is 3.76. The molecule has 96 valence electrons. The molecule has 0 spiro atoms. The third-order valence-corrected chi connectivity index (χ3v) is 4.42. The maximum Gasteiger partial charge on any atom is 0.0256 e. The van der Waals surface area contributed by atoms with Gasteiger partial charge in [0.1, 0.15) is 0 Å². The van der Waals surface area contributed by atoms with Crippen LogP contribution in [-0.2, 0) is 0 Å². The van der Waals surface area contributed by atoms with Crippen molar-refractivity contribution in [2.75, 3.05) is 0 Å². The first kappa shape index (κ1) is 12.7. The van der Waals surface area contributed by atoms with Crippen molar-refractivity contribution in [1.29, 1.82) is 0 Å². The van der Waals surface area contributed by atoms with E-state index in [-0.39, 0.29) is 0 Å². The lowest BCUT2D eigenvalue weighted by Gasteiger charge is -2.13. The topological polar surface area (TPSA) is 0 Å². The van der Waals surface area contributed by atoms with Crippen LogP contribution in [-0.4, -0.2) is 0 Å². The van der Waals surface area contributed by atoms with E-state index < -0.39 is 0 Å². The molecule has 0 heterocycles. The molecule has 0 radical (unpaired) electrons. The quantitative estimate of drug-likeness (QED) is 0.649. The number of fused-ring (bicyclic) bond motifs is 1. The van der Waals surface area contributed by atoms with Crippen LogP contribution in [0.1, 0.15) is 36.8 Å². The smallest absolute Gasteiger partial charge is 0.0256 e. The van der Waals surface area contributed by atoms with Crippen LogP contribution < -0.4 is 0 Å². The van der Waals surface area contributed by atoms with Crippen molar-refractivity contribution in [1.82, 2.24) is 0 Å². The fourth-order valence-corrected chi connectivity index (χ4v) is 3.41. The van der Waals surface area contributed by atoms with Crippen molar-refractivity contribution in [3.05, 3.63) is 64.1 Å². The summed E-state index contributed by atoms with van der Waals surface area (Å²) in [6.07, 6.45) is 7.05. The lowest BCUT2D eigenvalue weighted by atomic mass is 9.93. The van der Waals surface area contributed by atoms with Gasteiger partial charge in [0, 0.05) is 10.4 Å². The molecule has 3 rings (SSSR count). The van der Waals surface area contributed by atoms with Crippen LogP contribution in [0.25, 0.3) is 17.2 Å². The minimum Gasteiger partial charge on any atom is -0.0763 e. The van der Waals surface area contributed by atoms with Gasteiger partial charge >= 0.3 is 0 Å². The number of benzene rings is 2. The number of halogens is 1. The van der Waals surface area contributed by atoms with E-state index in [0.717, 1.165) is 0 Å². The highest BCUT2D eigenvalue weighted by molar-refractivity contribution is 9.10. The Morgan fingerprint density at radius 1 is 1.05 bits per heavy atom. The van der Waals surface area contributed by atoms with E-state index in [9.17, 15) is 0 Å². The summed E-state index contributed by atoms with van der Waals surface area (Å²) in [5.74, 6) is 0.583. The summed E-state index contributed by atoms with van der Waals surface area (Å²) in [4.78, 5) is 0. The molecule has 0 amide bonds. The standard InChI is InChI=1S/C18H17Br/c1-2-6-14-9-10-16-17(14)11-15(12-18(16)19)13-7-4-3-5-8-13/h3-5,7-12,14H,2,6H2,1H3. The molecule has 0 N–H and O–H groups in total. The SMILES string of the molecule is CCCC1C=Cc2c(Br)cc(-c3ccccc3)cc21. The first-order chi connectivity index (χ1) is 9.29. The van der Waals surface area contributed by atoms with Gasteiger partial charge in [0.15, 0.2) is 0 Å². The minimum atomic E-state index is 0.583. The van der Waals surface area contributed by atoms with Gasteiger partial charge in [-0.05, 0) is 40.8 Å². The second-order valence-corrected chi connectivity index (χ2v) is 5.94. The highest BCUT2D eigenvalue weighted by Crippen LogP contribution is 2.40. The zero-order valence-corrected chi connectivity index (χ0v) is 12.7. The molecule has 1 unspecified atom stereocenters. The van der Waals surface area contributed by atoms with E-state index in [0.29, 0.717) is 5.92 Å². The molecule has 0 saturated heterocycles. The van der Waals surface area contributed by atoms with Crippen molar-refractivity contribution in [3.8, 4) is 11.1 Å². The Morgan fingerprint density at radius 3 is 2.58 bits per heavy atom. The van der Waals surface area contributed by atoms with Crippen molar-refractivity contribution < 1.29 is 0 Å². The Kier molecular flexibility index (Phi) is 3.56. The van der Waals surface area contributed by atoms with Gasteiger partial charge in [-0.2, -0.15) is 0 Å². The lowest BCUT2D eigenvalue weighted by molar-refractivity contribution is 0.725. The molecule has 0 fully saturated rings. The van der Waals surface area contributed by atoms with Crippen LogP contribution in [0.2, 0.25) is 0 Å². The van der Waals surface area contributed by atoms with Crippen LogP contribution in [0.3, 0.4) is 0 Å². The van der Waals surface area contributed by atoms with Gasteiger partial charge < -0.3 is 0 Å². The first-order valence-electron chi connectivity index (χ1n) is 6.86. The van der Waals surface area contributed by atoms with E-state index in [4.69, 9.17) is 0 Å². The number of hydrogen-bond acceptors (Lipinski definition) is 0. The summed E-state index contributed by atoms with van der Waals surface area (Å²) in [7, 11) is 0. The molecule has 0 aromatic heterocycles. The molecule has 0 nitrogen and oxygen atoms in total. The molecule has 1 aliphatic carbocycles. The van der Waals surface area contributed by atoms with Crippen molar-refractivity contribution >= 4 is 22.0 Å². The van der Waals surface area contributed by atoms with Crippen molar-refractivity contribution in [3.63, 3.8) is 0 Å². The minimum absolute atomic E-state index is 0.583. The monoisotopic (exact) mass is 312 g/mol. The second-order valence-electron chi connectivity index (χ2n) is 5.08. The predicted molar refractivity (Wildman–Crippen MR) is 86.3 cm³/mol. The van der Waals surface area contributed by atoms with E-state index >= 15 is 0 Å². The molecule has 1 heteroatoms. The van der Waals surface area contributed by atoms with Gasteiger partial charge in [-0.25, -0.2) is 0 Å². The maximum atomic E-state index is 3.72. The lowest BCUT2D eigenvalue weighted by Crippen LogP contribution is -1.94. The summed E-state index contributed by atoms with van der Waals surface area (Å²) in [6.45, 7) is 2.25. The van der Waals surface area contributed by atoms with Crippen LogP contribution in [0.4, 0.5) is 0 Å². The summed E-state index contributed by atoms with van der Waals surface area (Å²) in [5, 5.41) is 0. The summed E-state index contributed by atoms with van der Waals surface area (Å²) >= 11 is 3.72. The van der Waals surface area contributed by atoms with E-state index in [2.05, 4.69) is 77.5 Å². The second kappa shape index (κ2) is 5.34. The molecule has 2 aromatic rings. The van der Waals surface area contributed by atoms with Crippen molar-refractivity contribution in [2.24, 2.45) is 0 Å². The summed E-state index contributed by atoms with van der Waals surface area (Å²) < 4.78 is 1.21. The van der Waals surface area contributed by atoms with Crippen LogP contribution in [0.15, 0.2) is 53.0 Å². The first-order valence-corrected chi connectivity index (χ1v) is 7.66. The Balaban J connectivity index is 2.07. The molecule has 1 aliphatic rings. The van der Waals surface area contributed by atoms with Crippen molar-refractivity contribution in [2.45, 2.75) is 25.7 Å². The molecule has 1 atom stereocenters. The summed E-state index contributed by atoms with van der Waals surface area (Å²) in [5.41, 5.74) is 5.41. The van der Waals surface area contributed by atoms with E-state index in [1.807, 2.05) is 0 Å². The zero-order chi connectivity index (χ0) is 13.2. The number of allylic oxidation sites excluding steroid dienone is 1. The normalized spacial score (nSPS) is 16.6. The van der Waals surface area contributed by atoms with Gasteiger partial charge in [-0.15, -0.1) is 0 Å². The number of rotatable bonds is 3. The van der Waals surface area contributed by atoms with Crippen LogP contribution in [0.5, 0.6) is 0 Å². The van der Waals surface area contributed by atoms with Gasteiger partial charge in [0.2, 0.25) is 0 Å². The molecular formula is C18H17Br. The zero-order valence-electron chi connectivity index (χ0n) is 11.1. The highest BCUT2D eigenvalue weighted by Gasteiger charge is 2.19. The predicted octanol–water partition coefficient (Wildman–Crippen LogP) is 6.03. The average molecular weight is 313 g/mol. The largest absolute Gasteiger partial charge is 0.0763 e. The maximum absolute atomic E-state index is 3.72. The molecule has 0 aliphatic heterocycles.